The molecule has 7 nitrogen and oxygen atoms in total. The van der Waals surface area contributed by atoms with Crippen molar-refractivity contribution in [2.45, 2.75) is 50.4 Å². The van der Waals surface area contributed by atoms with E-state index in [9.17, 15) is 23.5 Å². The van der Waals surface area contributed by atoms with Gasteiger partial charge in [-0.25, -0.2) is 13.6 Å². The number of anilines is 1. The number of hydrogen-bond donors (Lipinski definition) is 1. The van der Waals surface area contributed by atoms with Gasteiger partial charge in [-0.3, -0.25) is 9.36 Å². The highest BCUT2D eigenvalue weighted by Crippen LogP contribution is 2.44. The molecular weight excluding hydrogens is 498 g/mol. The lowest BCUT2D eigenvalue weighted by atomic mass is 9.97. The van der Waals surface area contributed by atoms with E-state index in [1.807, 2.05) is 31.7 Å². The van der Waals surface area contributed by atoms with Crippen LogP contribution in [0, 0.1) is 18.6 Å². The molecule has 1 N–H and O–H groups in total. The number of aliphatic hydroxyl groups is 1. The second-order valence-electron chi connectivity index (χ2n) is 9.76. The monoisotopic (exact) mass is 526 g/mol. The summed E-state index contributed by atoms with van der Waals surface area (Å²) in [7, 11) is 0. The lowest BCUT2D eigenvalue weighted by Crippen LogP contribution is -2.58. The third-order valence-electron chi connectivity index (χ3n) is 7.06. The lowest BCUT2D eigenvalue weighted by Gasteiger charge is -2.44. The second kappa shape index (κ2) is 9.57. The van der Waals surface area contributed by atoms with Crippen molar-refractivity contribution in [3.05, 3.63) is 64.6 Å². The molecule has 10 heteroatoms. The summed E-state index contributed by atoms with van der Waals surface area (Å²) in [6, 6.07) is 5.05. The molecule has 194 valence electrons. The van der Waals surface area contributed by atoms with Gasteiger partial charge in [-0.2, -0.15) is 4.98 Å². The Bertz CT molecular complexity index is 1480. The fourth-order valence-electron chi connectivity index (χ4n) is 5.58. The summed E-state index contributed by atoms with van der Waals surface area (Å²) in [6.45, 7) is 10.3. The van der Waals surface area contributed by atoms with Crippen LogP contribution in [-0.2, 0) is 11.3 Å². The molecule has 1 aromatic heterocycles. The van der Waals surface area contributed by atoms with Gasteiger partial charge in [0.15, 0.2) is 0 Å². The molecule has 2 aromatic carbocycles. The summed E-state index contributed by atoms with van der Waals surface area (Å²) in [5.74, 6) is -0.713. The van der Waals surface area contributed by atoms with Gasteiger partial charge in [0.25, 0.3) is 0 Å². The number of amides is 1. The molecule has 1 amide bonds. The van der Waals surface area contributed by atoms with Gasteiger partial charge in [0.05, 0.1) is 18.2 Å². The van der Waals surface area contributed by atoms with Gasteiger partial charge in [-0.05, 0) is 50.6 Å². The van der Waals surface area contributed by atoms with Crippen LogP contribution < -0.4 is 10.6 Å². The first-order valence-electron chi connectivity index (χ1n) is 12.1. The fourth-order valence-corrected chi connectivity index (χ4v) is 6.82. The number of piperazine rings is 1. The summed E-state index contributed by atoms with van der Waals surface area (Å²) in [4.78, 5) is 34.6. The van der Waals surface area contributed by atoms with Gasteiger partial charge in [-0.1, -0.05) is 6.58 Å². The minimum atomic E-state index is -0.800. The van der Waals surface area contributed by atoms with E-state index < -0.39 is 23.4 Å². The van der Waals surface area contributed by atoms with E-state index in [0.29, 0.717) is 46.0 Å². The van der Waals surface area contributed by atoms with E-state index in [0.717, 1.165) is 11.6 Å². The molecule has 2 aliphatic heterocycles. The van der Waals surface area contributed by atoms with Crippen LogP contribution in [0.5, 0.6) is 0 Å². The number of rotatable bonds is 3. The minimum absolute atomic E-state index is 0.0609. The predicted molar refractivity (Wildman–Crippen MR) is 141 cm³/mol. The topological polar surface area (TPSA) is 78.7 Å². The van der Waals surface area contributed by atoms with Crippen LogP contribution in [0.1, 0.15) is 19.4 Å². The first-order chi connectivity index (χ1) is 17.6. The summed E-state index contributed by atoms with van der Waals surface area (Å²) in [5, 5.41) is 11.3. The Hall–Kier alpha value is -3.24. The quantitative estimate of drug-likeness (QED) is 0.524. The summed E-state index contributed by atoms with van der Waals surface area (Å²) in [5.41, 5.74) is 1.61. The molecule has 0 bridgehead atoms. The fraction of sp³-hybridized carbons (Fsp3) is 0.370. The zero-order valence-electron chi connectivity index (χ0n) is 20.9. The molecule has 0 radical (unpaired) electrons. The molecular formula is C27H28F2N4O3S. The van der Waals surface area contributed by atoms with Crippen molar-refractivity contribution < 1.29 is 18.7 Å². The van der Waals surface area contributed by atoms with Crippen LogP contribution in [0.4, 0.5) is 14.6 Å². The summed E-state index contributed by atoms with van der Waals surface area (Å²) in [6.07, 6.45) is 0.507. The molecule has 1 saturated heterocycles. The number of thioether (sulfide) groups is 1. The largest absolute Gasteiger partial charge is 0.390 e. The van der Waals surface area contributed by atoms with E-state index >= 15 is 0 Å². The summed E-state index contributed by atoms with van der Waals surface area (Å²) >= 11 is 1.35. The molecule has 3 atom stereocenters. The molecule has 3 aromatic rings. The van der Waals surface area contributed by atoms with Crippen LogP contribution in [0.3, 0.4) is 0 Å². The molecule has 0 spiro atoms. The Morgan fingerprint density at radius 3 is 2.54 bits per heavy atom. The van der Waals surface area contributed by atoms with E-state index in [2.05, 4.69) is 11.6 Å². The van der Waals surface area contributed by atoms with Crippen molar-refractivity contribution in [3.63, 3.8) is 0 Å². The highest BCUT2D eigenvalue weighted by Gasteiger charge is 2.34. The average Bonchev–Trinajstić information content (AvgIpc) is 3.01. The molecule has 0 saturated carbocycles. The number of aliphatic hydroxyl groups excluding tert-OH is 1. The van der Waals surface area contributed by atoms with Crippen molar-refractivity contribution in [1.29, 1.82) is 0 Å². The van der Waals surface area contributed by atoms with Gasteiger partial charge in [0.2, 0.25) is 5.91 Å². The van der Waals surface area contributed by atoms with Crippen LogP contribution in [-0.4, -0.2) is 62.5 Å². The highest BCUT2D eigenvalue weighted by molar-refractivity contribution is 7.99. The molecule has 2 aliphatic rings. The molecule has 5 rings (SSSR count). The Morgan fingerprint density at radius 1 is 1.19 bits per heavy atom. The number of nitrogens with zero attached hydrogens (tertiary/aromatic N) is 4. The van der Waals surface area contributed by atoms with E-state index in [1.165, 1.54) is 34.5 Å². The van der Waals surface area contributed by atoms with Crippen molar-refractivity contribution in [2.24, 2.45) is 0 Å². The maximum absolute atomic E-state index is 15.0. The third-order valence-corrected chi connectivity index (χ3v) is 8.29. The number of carbonyl (C=O) groups is 1. The minimum Gasteiger partial charge on any atom is -0.390 e. The standard InChI is InChI=1S/C27H28F2N4O3S/c1-5-22(35)33-15(3)10-31(11-16(33)4)26-20-8-14(2)23(19-7-6-17(28)9-21(19)29)25-24(20)32(27(36)30-26)12-18(34)13-37-25/h5-9,15-16,18,34H,1,10-13H2,2-4H3/t15-,16+,18?. The SMILES string of the molecule is C=CC(=O)N1[C@H](C)CN(c2nc(=O)n3c4c(c(-c5ccc(F)cc5F)c(C)cc24)SCC(O)C3)C[C@@H]1C. The zero-order chi connectivity index (χ0) is 26.6. The third kappa shape index (κ3) is 4.31. The van der Waals surface area contributed by atoms with Crippen molar-refractivity contribution >= 4 is 34.4 Å². The predicted octanol–water partition coefficient (Wildman–Crippen LogP) is 3.73. The van der Waals surface area contributed by atoms with Gasteiger partial charge < -0.3 is 14.9 Å². The number of benzene rings is 2. The van der Waals surface area contributed by atoms with Gasteiger partial charge in [0, 0.05) is 58.4 Å². The molecule has 37 heavy (non-hydrogen) atoms. The Labute approximate surface area is 217 Å². The number of hydrogen-bond acceptors (Lipinski definition) is 6. The lowest BCUT2D eigenvalue weighted by molar-refractivity contribution is -0.130. The number of aryl methyl sites for hydroxylation is 1. The maximum Gasteiger partial charge on any atom is 0.350 e. The Morgan fingerprint density at radius 2 is 1.89 bits per heavy atom. The van der Waals surface area contributed by atoms with Crippen LogP contribution in [0.25, 0.3) is 22.0 Å². The second-order valence-corrected chi connectivity index (χ2v) is 10.8. The Kier molecular flexibility index (Phi) is 6.57. The van der Waals surface area contributed by atoms with E-state index in [-0.39, 0.29) is 30.1 Å². The molecule has 0 aliphatic carbocycles. The van der Waals surface area contributed by atoms with Crippen molar-refractivity contribution in [2.75, 3.05) is 23.7 Å². The van der Waals surface area contributed by atoms with Crippen molar-refractivity contribution in [3.8, 4) is 11.1 Å². The number of halogens is 2. The molecule has 1 fully saturated rings. The first kappa shape index (κ1) is 25.4. The van der Waals surface area contributed by atoms with Crippen LogP contribution in [0.2, 0.25) is 0 Å². The van der Waals surface area contributed by atoms with Gasteiger partial charge >= 0.3 is 5.69 Å². The normalized spacial score (nSPS) is 21.7. The van der Waals surface area contributed by atoms with Gasteiger partial charge in [0.1, 0.15) is 17.5 Å². The first-order valence-corrected chi connectivity index (χ1v) is 13.1. The number of aromatic nitrogens is 2. The van der Waals surface area contributed by atoms with Crippen LogP contribution >= 0.6 is 11.8 Å². The zero-order valence-corrected chi connectivity index (χ0v) is 21.7. The van der Waals surface area contributed by atoms with Crippen molar-refractivity contribution in [1.82, 2.24) is 14.5 Å². The number of carbonyl (C=O) groups excluding carboxylic acids is 1. The average molecular weight is 527 g/mol. The molecule has 3 heterocycles. The van der Waals surface area contributed by atoms with Gasteiger partial charge in [-0.15, -0.1) is 11.8 Å². The maximum atomic E-state index is 15.0. The van der Waals surface area contributed by atoms with E-state index in [1.54, 1.807) is 4.90 Å². The highest BCUT2D eigenvalue weighted by atomic mass is 32.2. The molecule has 1 unspecified atom stereocenters. The summed E-state index contributed by atoms with van der Waals surface area (Å²) < 4.78 is 30.1. The van der Waals surface area contributed by atoms with E-state index in [4.69, 9.17) is 0 Å². The van der Waals surface area contributed by atoms with Crippen LogP contribution in [0.15, 0.2) is 46.6 Å². The Balaban J connectivity index is 1.75. The smallest absolute Gasteiger partial charge is 0.350 e.